The van der Waals surface area contributed by atoms with Gasteiger partial charge in [-0.25, -0.2) is 4.98 Å². The van der Waals surface area contributed by atoms with Crippen molar-refractivity contribution in [2.75, 3.05) is 0 Å². The van der Waals surface area contributed by atoms with Crippen molar-refractivity contribution in [1.29, 1.82) is 0 Å². The first-order chi connectivity index (χ1) is 15.3. The van der Waals surface area contributed by atoms with E-state index in [0.29, 0.717) is 23.6 Å². The van der Waals surface area contributed by atoms with E-state index >= 15 is 0 Å². The molecular formula is C24H20N6O. The van der Waals surface area contributed by atoms with E-state index < -0.39 is 0 Å². The second-order valence-corrected chi connectivity index (χ2v) is 7.17. The van der Waals surface area contributed by atoms with Crippen LogP contribution in [0.3, 0.4) is 0 Å². The molecule has 0 radical (unpaired) electrons. The Morgan fingerprint density at radius 3 is 2.45 bits per heavy atom. The Labute approximate surface area is 178 Å². The summed E-state index contributed by atoms with van der Waals surface area (Å²) in [4.78, 5) is 9.56. The van der Waals surface area contributed by atoms with Gasteiger partial charge in [-0.3, -0.25) is 10.1 Å². The van der Waals surface area contributed by atoms with E-state index in [9.17, 15) is 5.11 Å². The van der Waals surface area contributed by atoms with Gasteiger partial charge in [-0.05, 0) is 23.3 Å². The quantitative estimate of drug-likeness (QED) is 0.409. The number of aliphatic hydroxyl groups is 1. The third-order valence-corrected chi connectivity index (χ3v) is 5.30. The number of aromatic nitrogens is 5. The van der Waals surface area contributed by atoms with Gasteiger partial charge in [0.25, 0.3) is 0 Å². The smallest absolute Gasteiger partial charge is 0.117 e. The first kappa shape index (κ1) is 19.0. The molecule has 4 N–H and O–H groups in total. The van der Waals surface area contributed by atoms with Crippen molar-refractivity contribution < 1.29 is 5.11 Å². The van der Waals surface area contributed by atoms with Crippen molar-refractivity contribution in [2.24, 2.45) is 5.73 Å². The lowest BCUT2D eigenvalue weighted by molar-refractivity contribution is 0.277. The van der Waals surface area contributed by atoms with E-state index in [1.54, 1.807) is 6.20 Å². The van der Waals surface area contributed by atoms with Crippen molar-refractivity contribution in [3.8, 4) is 33.8 Å². The Morgan fingerprint density at radius 2 is 1.71 bits per heavy atom. The number of rotatable bonds is 5. The van der Waals surface area contributed by atoms with Crippen LogP contribution in [-0.2, 0) is 13.2 Å². The summed E-state index contributed by atoms with van der Waals surface area (Å²) >= 11 is 0. The highest BCUT2D eigenvalue weighted by Crippen LogP contribution is 2.36. The minimum Gasteiger partial charge on any atom is -0.390 e. The fourth-order valence-corrected chi connectivity index (χ4v) is 3.70. The van der Waals surface area contributed by atoms with Crippen LogP contribution in [0.2, 0.25) is 0 Å². The molecule has 5 rings (SSSR count). The number of fused-ring (bicyclic) bond motifs is 1. The Balaban J connectivity index is 1.79. The average molecular weight is 408 g/mol. The predicted octanol–water partition coefficient (Wildman–Crippen LogP) is 3.70. The van der Waals surface area contributed by atoms with Gasteiger partial charge in [0, 0.05) is 29.3 Å². The zero-order valence-electron chi connectivity index (χ0n) is 16.7. The number of aliphatic hydroxyl groups excluding tert-OH is 1. The number of nitrogens with two attached hydrogens (primary N) is 1. The molecule has 0 spiro atoms. The summed E-state index contributed by atoms with van der Waals surface area (Å²) in [6, 6.07) is 22.3. The summed E-state index contributed by atoms with van der Waals surface area (Å²) in [5.74, 6) is 0. The normalized spacial score (nSPS) is 11.2. The molecule has 7 nitrogen and oxygen atoms in total. The number of pyridine rings is 2. The fraction of sp³-hybridized carbons (Fsp3) is 0.0833. The van der Waals surface area contributed by atoms with Gasteiger partial charge in [-0.1, -0.05) is 59.8 Å². The number of hydrogen-bond donors (Lipinski definition) is 3. The van der Waals surface area contributed by atoms with E-state index in [-0.39, 0.29) is 6.61 Å². The molecule has 5 aromatic rings. The van der Waals surface area contributed by atoms with Crippen molar-refractivity contribution in [3.63, 3.8) is 0 Å². The van der Waals surface area contributed by atoms with Crippen LogP contribution in [0.4, 0.5) is 0 Å². The van der Waals surface area contributed by atoms with Gasteiger partial charge >= 0.3 is 0 Å². The van der Waals surface area contributed by atoms with Crippen molar-refractivity contribution in [3.05, 3.63) is 84.2 Å². The molecule has 0 atom stereocenters. The zero-order valence-corrected chi connectivity index (χ0v) is 16.7. The van der Waals surface area contributed by atoms with Crippen molar-refractivity contribution in [2.45, 2.75) is 13.2 Å². The second kappa shape index (κ2) is 8.06. The number of benzene rings is 2. The van der Waals surface area contributed by atoms with E-state index in [0.717, 1.165) is 38.9 Å². The molecule has 0 bridgehead atoms. The third-order valence-electron chi connectivity index (χ3n) is 5.30. The van der Waals surface area contributed by atoms with Gasteiger partial charge in [0.1, 0.15) is 11.4 Å². The molecule has 31 heavy (non-hydrogen) atoms. The fourth-order valence-electron chi connectivity index (χ4n) is 3.70. The zero-order chi connectivity index (χ0) is 21.2. The monoisotopic (exact) mass is 408 g/mol. The lowest BCUT2D eigenvalue weighted by Gasteiger charge is -2.13. The summed E-state index contributed by atoms with van der Waals surface area (Å²) in [7, 11) is 0. The highest BCUT2D eigenvalue weighted by atomic mass is 16.3. The van der Waals surface area contributed by atoms with Crippen molar-refractivity contribution in [1.82, 2.24) is 25.4 Å². The standard InChI is InChI=1S/C24H20N6O/c25-13-15-6-8-17(9-7-15)22-18(16-4-2-1-3-5-16)12-19-20(27-22)10-11-26-23(19)24-21(14-31)28-30-29-24/h1-12,31H,13-14,25H2,(H,28,29,30). The van der Waals surface area contributed by atoms with Crippen LogP contribution < -0.4 is 5.73 Å². The van der Waals surface area contributed by atoms with E-state index in [2.05, 4.69) is 38.6 Å². The number of nitrogens with zero attached hydrogens (tertiary/aromatic N) is 4. The number of nitrogens with one attached hydrogen (secondary N) is 1. The van der Waals surface area contributed by atoms with Gasteiger partial charge in [-0.15, -0.1) is 5.10 Å². The molecular weight excluding hydrogens is 388 g/mol. The SMILES string of the molecule is NCc1ccc(-c2nc3ccnc(-c4[nH]nnc4CO)c3cc2-c2ccccc2)cc1. The Bertz CT molecular complexity index is 1350. The topological polar surface area (TPSA) is 114 Å². The lowest BCUT2D eigenvalue weighted by Crippen LogP contribution is -1.98. The maximum atomic E-state index is 9.63. The van der Waals surface area contributed by atoms with E-state index in [1.165, 1.54) is 0 Å². The highest BCUT2D eigenvalue weighted by molar-refractivity contribution is 5.98. The average Bonchev–Trinajstić information content (AvgIpc) is 3.32. The van der Waals surface area contributed by atoms with E-state index in [4.69, 9.17) is 10.7 Å². The molecule has 0 aliphatic carbocycles. The van der Waals surface area contributed by atoms with Gasteiger partial charge in [-0.2, -0.15) is 0 Å². The number of hydrogen-bond acceptors (Lipinski definition) is 6. The van der Waals surface area contributed by atoms with Gasteiger partial charge < -0.3 is 10.8 Å². The second-order valence-electron chi connectivity index (χ2n) is 7.17. The largest absolute Gasteiger partial charge is 0.390 e. The molecule has 0 aliphatic rings. The Morgan fingerprint density at radius 1 is 0.903 bits per heavy atom. The first-order valence-electron chi connectivity index (χ1n) is 9.94. The summed E-state index contributed by atoms with van der Waals surface area (Å²) in [5.41, 5.74) is 13.2. The highest BCUT2D eigenvalue weighted by Gasteiger charge is 2.17. The van der Waals surface area contributed by atoms with Gasteiger partial charge in [0.2, 0.25) is 0 Å². The molecule has 7 heteroatoms. The molecule has 0 amide bonds. The van der Waals surface area contributed by atoms with Gasteiger partial charge in [0.05, 0.1) is 23.5 Å². The summed E-state index contributed by atoms with van der Waals surface area (Å²) in [6.45, 7) is 0.270. The van der Waals surface area contributed by atoms with Crippen molar-refractivity contribution >= 4 is 10.9 Å². The molecule has 152 valence electrons. The van der Waals surface area contributed by atoms with Crippen LogP contribution in [-0.4, -0.2) is 30.5 Å². The Hall–Kier alpha value is -3.94. The van der Waals surface area contributed by atoms with Crippen LogP contribution in [0.15, 0.2) is 72.9 Å². The summed E-state index contributed by atoms with van der Waals surface area (Å²) < 4.78 is 0. The predicted molar refractivity (Wildman–Crippen MR) is 120 cm³/mol. The van der Waals surface area contributed by atoms with Crippen LogP contribution in [0.25, 0.3) is 44.7 Å². The lowest BCUT2D eigenvalue weighted by atomic mass is 9.96. The minimum atomic E-state index is -0.228. The molecule has 2 aromatic carbocycles. The van der Waals surface area contributed by atoms with E-state index in [1.807, 2.05) is 48.5 Å². The maximum Gasteiger partial charge on any atom is 0.117 e. The minimum absolute atomic E-state index is 0.228. The molecule has 0 saturated heterocycles. The van der Waals surface area contributed by atoms with Crippen LogP contribution >= 0.6 is 0 Å². The molecule has 0 aliphatic heterocycles. The molecule has 3 aromatic heterocycles. The Kier molecular flexibility index (Phi) is 4.95. The van der Waals surface area contributed by atoms with Crippen LogP contribution in [0.5, 0.6) is 0 Å². The third kappa shape index (κ3) is 3.46. The summed E-state index contributed by atoms with van der Waals surface area (Å²) in [5, 5.41) is 21.1. The number of aromatic amines is 1. The molecule has 0 unspecified atom stereocenters. The first-order valence-corrected chi connectivity index (χ1v) is 9.94. The van der Waals surface area contributed by atoms with Crippen LogP contribution in [0.1, 0.15) is 11.3 Å². The summed E-state index contributed by atoms with van der Waals surface area (Å²) in [6.07, 6.45) is 1.70. The maximum absolute atomic E-state index is 9.63. The van der Waals surface area contributed by atoms with Gasteiger partial charge in [0.15, 0.2) is 0 Å². The molecule has 0 fully saturated rings. The van der Waals surface area contributed by atoms with Crippen LogP contribution in [0, 0.1) is 0 Å². The molecule has 0 saturated carbocycles. The number of H-pyrrole nitrogens is 1. The molecule has 3 heterocycles.